The smallest absolute Gasteiger partial charge is 0.125 e. The van der Waals surface area contributed by atoms with E-state index in [1.165, 1.54) is 0 Å². The van der Waals surface area contributed by atoms with Gasteiger partial charge in [-0.1, -0.05) is 34.1 Å². The Hall–Kier alpha value is -1.46. The normalized spacial score (nSPS) is 11.0. The van der Waals surface area contributed by atoms with Crippen LogP contribution in [0.25, 0.3) is 16.8 Å². The molecule has 2 N–H and O–H groups in total. The second-order valence-corrected chi connectivity index (χ2v) is 5.31. The van der Waals surface area contributed by atoms with Gasteiger partial charge in [-0.25, -0.2) is 4.52 Å². The lowest BCUT2D eigenvalue weighted by Crippen LogP contribution is -1.97. The maximum atomic E-state index is 5.90. The molecular weight excluding hydrogens is 310 g/mol. The molecule has 1 aromatic carbocycles. The van der Waals surface area contributed by atoms with E-state index < -0.39 is 0 Å². The Balaban J connectivity index is 2.27. The van der Waals surface area contributed by atoms with E-state index in [9.17, 15) is 0 Å². The summed E-state index contributed by atoms with van der Waals surface area (Å²) in [5.74, 6) is 0.603. The van der Waals surface area contributed by atoms with Crippen LogP contribution in [0.2, 0.25) is 0 Å². The summed E-state index contributed by atoms with van der Waals surface area (Å²) in [6, 6.07) is 13.6. The van der Waals surface area contributed by atoms with Crippen LogP contribution in [0.5, 0.6) is 0 Å². The molecule has 0 aliphatic heterocycles. The molecule has 0 saturated carbocycles. The van der Waals surface area contributed by atoms with Gasteiger partial charge in [0, 0.05) is 10.0 Å². The van der Waals surface area contributed by atoms with Gasteiger partial charge >= 0.3 is 0 Å². The van der Waals surface area contributed by atoms with Crippen molar-refractivity contribution in [2.75, 3.05) is 5.73 Å². The van der Waals surface area contributed by atoms with E-state index in [1.54, 1.807) is 4.52 Å². The van der Waals surface area contributed by atoms with Crippen LogP contribution in [0.4, 0.5) is 5.82 Å². The molecule has 0 bridgehead atoms. The third-order valence-electron chi connectivity index (χ3n) is 2.78. The average molecular weight is 320 g/mol. The van der Waals surface area contributed by atoms with E-state index in [-0.39, 0.29) is 0 Å². The number of halogens is 1. The molecular formula is C13H10BrN3S. The summed E-state index contributed by atoms with van der Waals surface area (Å²) in [6.45, 7) is 0. The van der Waals surface area contributed by atoms with Gasteiger partial charge in [0.1, 0.15) is 11.5 Å². The van der Waals surface area contributed by atoms with Gasteiger partial charge in [-0.3, -0.25) is 0 Å². The number of hydrogen-bond donors (Lipinski definition) is 2. The number of aromatic nitrogens is 2. The van der Waals surface area contributed by atoms with E-state index in [1.807, 2.05) is 42.5 Å². The number of fused-ring (bicyclic) bond motifs is 1. The first-order chi connectivity index (χ1) is 8.66. The van der Waals surface area contributed by atoms with Crippen molar-refractivity contribution in [1.29, 1.82) is 0 Å². The van der Waals surface area contributed by atoms with Crippen molar-refractivity contribution in [2.24, 2.45) is 0 Å². The van der Waals surface area contributed by atoms with Gasteiger partial charge in [0.25, 0.3) is 0 Å². The fourth-order valence-electron chi connectivity index (χ4n) is 1.88. The third kappa shape index (κ3) is 1.79. The average Bonchev–Trinajstić information content (AvgIpc) is 2.70. The molecule has 3 nitrogen and oxygen atoms in total. The van der Waals surface area contributed by atoms with Crippen LogP contribution in [0.3, 0.4) is 0 Å². The highest BCUT2D eigenvalue weighted by atomic mass is 79.9. The highest BCUT2D eigenvalue weighted by molar-refractivity contribution is 9.10. The lowest BCUT2D eigenvalue weighted by molar-refractivity contribution is 0.978. The van der Waals surface area contributed by atoms with Crippen molar-refractivity contribution in [2.45, 2.75) is 4.90 Å². The number of thiol groups is 1. The van der Waals surface area contributed by atoms with Crippen LogP contribution in [0.1, 0.15) is 0 Å². The number of anilines is 1. The lowest BCUT2D eigenvalue weighted by Gasteiger charge is -1.97. The Bertz CT molecular complexity index is 719. The van der Waals surface area contributed by atoms with Crippen LogP contribution < -0.4 is 5.73 Å². The predicted molar refractivity (Wildman–Crippen MR) is 80.0 cm³/mol. The third-order valence-corrected chi connectivity index (χ3v) is 3.75. The molecule has 0 fully saturated rings. The number of pyridine rings is 1. The van der Waals surface area contributed by atoms with E-state index in [0.29, 0.717) is 5.82 Å². The maximum absolute atomic E-state index is 5.90. The van der Waals surface area contributed by atoms with Crippen molar-refractivity contribution >= 4 is 39.9 Å². The molecule has 0 atom stereocenters. The van der Waals surface area contributed by atoms with Crippen LogP contribution >= 0.6 is 28.6 Å². The van der Waals surface area contributed by atoms with E-state index in [4.69, 9.17) is 5.73 Å². The minimum Gasteiger partial charge on any atom is -0.384 e. The van der Waals surface area contributed by atoms with Crippen LogP contribution in [0.15, 0.2) is 51.8 Å². The standard InChI is InChI=1S/C13H10BrN3S/c14-9-6-4-8(5-7-9)12-13(18)10-2-1-3-11(15)17(10)16-12/h1-7,18H,15H2. The van der Waals surface area contributed by atoms with Gasteiger partial charge in [-0.2, -0.15) is 5.10 Å². The molecule has 0 amide bonds. The zero-order valence-electron chi connectivity index (χ0n) is 9.34. The first kappa shape index (κ1) is 11.6. The summed E-state index contributed by atoms with van der Waals surface area (Å²) in [5.41, 5.74) is 8.67. The number of benzene rings is 1. The first-order valence-electron chi connectivity index (χ1n) is 5.39. The van der Waals surface area contributed by atoms with Crippen LogP contribution in [-0.2, 0) is 0 Å². The Kier molecular flexibility index (Phi) is 2.80. The second kappa shape index (κ2) is 4.33. The molecule has 3 aromatic rings. The zero-order valence-corrected chi connectivity index (χ0v) is 11.8. The molecule has 2 aromatic heterocycles. The van der Waals surface area contributed by atoms with Gasteiger partial charge in [0.05, 0.1) is 10.4 Å². The molecule has 0 aliphatic rings. The SMILES string of the molecule is Nc1cccc2c(S)c(-c3ccc(Br)cc3)nn12. The van der Waals surface area contributed by atoms with Gasteiger partial charge in [-0.05, 0) is 24.3 Å². The Morgan fingerprint density at radius 3 is 2.50 bits per heavy atom. The van der Waals surface area contributed by atoms with Gasteiger partial charge in [-0.15, -0.1) is 12.6 Å². The van der Waals surface area contributed by atoms with E-state index in [0.717, 1.165) is 26.1 Å². The first-order valence-corrected chi connectivity index (χ1v) is 6.63. The monoisotopic (exact) mass is 319 g/mol. The summed E-state index contributed by atoms with van der Waals surface area (Å²) < 4.78 is 2.75. The molecule has 18 heavy (non-hydrogen) atoms. The van der Waals surface area contributed by atoms with E-state index >= 15 is 0 Å². The molecule has 90 valence electrons. The van der Waals surface area contributed by atoms with Crippen LogP contribution in [-0.4, -0.2) is 9.61 Å². The molecule has 0 radical (unpaired) electrons. The molecule has 0 saturated heterocycles. The molecule has 0 aliphatic carbocycles. The summed E-state index contributed by atoms with van der Waals surface area (Å²) in [6.07, 6.45) is 0. The lowest BCUT2D eigenvalue weighted by atomic mass is 10.1. The second-order valence-electron chi connectivity index (χ2n) is 3.95. The summed E-state index contributed by atoms with van der Waals surface area (Å²) in [4.78, 5) is 0.838. The predicted octanol–water partition coefficient (Wildman–Crippen LogP) is 3.63. The number of nitrogens with zero attached hydrogens (tertiary/aromatic N) is 2. The molecule has 2 heterocycles. The fraction of sp³-hybridized carbons (Fsp3) is 0. The zero-order chi connectivity index (χ0) is 12.7. The largest absolute Gasteiger partial charge is 0.384 e. The van der Waals surface area contributed by atoms with Crippen LogP contribution in [0, 0.1) is 0 Å². The summed E-state index contributed by atoms with van der Waals surface area (Å²) in [7, 11) is 0. The maximum Gasteiger partial charge on any atom is 0.125 e. The molecule has 0 unspecified atom stereocenters. The Morgan fingerprint density at radius 2 is 1.83 bits per heavy atom. The van der Waals surface area contributed by atoms with Crippen molar-refractivity contribution in [3.05, 3.63) is 46.9 Å². The number of nitrogens with two attached hydrogens (primary N) is 1. The summed E-state index contributed by atoms with van der Waals surface area (Å²) in [5, 5.41) is 4.51. The number of hydrogen-bond acceptors (Lipinski definition) is 3. The number of nitrogen functional groups attached to an aromatic ring is 1. The topological polar surface area (TPSA) is 43.3 Å². The van der Waals surface area contributed by atoms with Gasteiger partial charge in [0.2, 0.25) is 0 Å². The van der Waals surface area contributed by atoms with E-state index in [2.05, 4.69) is 33.7 Å². The minimum atomic E-state index is 0.603. The van der Waals surface area contributed by atoms with Crippen molar-refractivity contribution in [3.8, 4) is 11.3 Å². The van der Waals surface area contributed by atoms with Crippen molar-refractivity contribution in [1.82, 2.24) is 9.61 Å². The van der Waals surface area contributed by atoms with Gasteiger partial charge in [0.15, 0.2) is 0 Å². The van der Waals surface area contributed by atoms with Gasteiger partial charge < -0.3 is 5.73 Å². The highest BCUT2D eigenvalue weighted by Gasteiger charge is 2.12. The molecule has 0 spiro atoms. The minimum absolute atomic E-state index is 0.603. The Labute approximate surface area is 118 Å². The Morgan fingerprint density at radius 1 is 1.11 bits per heavy atom. The molecule has 3 rings (SSSR count). The molecule has 5 heteroatoms. The highest BCUT2D eigenvalue weighted by Crippen LogP contribution is 2.30. The number of rotatable bonds is 1. The summed E-state index contributed by atoms with van der Waals surface area (Å²) >= 11 is 7.97. The van der Waals surface area contributed by atoms with Crippen molar-refractivity contribution in [3.63, 3.8) is 0 Å². The fourth-order valence-corrected chi connectivity index (χ4v) is 2.49. The quantitative estimate of drug-likeness (QED) is 0.672. The van der Waals surface area contributed by atoms with Crippen molar-refractivity contribution < 1.29 is 0 Å².